The third kappa shape index (κ3) is 2.20. The van der Waals surface area contributed by atoms with Crippen molar-refractivity contribution >= 4 is 29.5 Å². The van der Waals surface area contributed by atoms with Gasteiger partial charge < -0.3 is 10.6 Å². The van der Waals surface area contributed by atoms with Crippen LogP contribution in [0.3, 0.4) is 0 Å². The number of amides is 1. The Morgan fingerprint density at radius 3 is 2.78 bits per heavy atom. The molecule has 0 radical (unpaired) electrons. The van der Waals surface area contributed by atoms with Gasteiger partial charge in [0.05, 0.1) is 16.1 Å². The fourth-order valence-electron chi connectivity index (χ4n) is 2.22. The zero-order valence-electron chi connectivity index (χ0n) is 10.1. The average Bonchev–Trinajstić information content (AvgIpc) is 2.73. The van der Waals surface area contributed by atoms with Gasteiger partial charge in [-0.15, -0.1) is 0 Å². The topological polar surface area (TPSA) is 63.4 Å². The Bertz CT molecular complexity index is 504. The second-order valence-electron chi connectivity index (χ2n) is 4.93. The van der Waals surface area contributed by atoms with Gasteiger partial charge >= 0.3 is 0 Å². The Balaban J connectivity index is 2.24. The van der Waals surface area contributed by atoms with Crippen molar-refractivity contribution in [3.63, 3.8) is 0 Å². The molecule has 96 valence electrons. The molecular formula is C13H15ClN2O2. The van der Waals surface area contributed by atoms with Crippen molar-refractivity contribution in [1.82, 2.24) is 0 Å². The number of hydrogen-bond acceptors (Lipinski definition) is 3. The summed E-state index contributed by atoms with van der Waals surface area (Å²) in [5.41, 5.74) is 6.29. The number of benzene rings is 1. The third-order valence-corrected chi connectivity index (χ3v) is 3.82. The number of aldehydes is 1. The molecule has 0 aromatic heterocycles. The van der Waals surface area contributed by atoms with Crippen molar-refractivity contribution in [2.75, 3.05) is 18.0 Å². The molecule has 0 bridgehead atoms. The van der Waals surface area contributed by atoms with Gasteiger partial charge in [-0.05, 0) is 31.5 Å². The summed E-state index contributed by atoms with van der Waals surface area (Å²) in [4.78, 5) is 24.1. The summed E-state index contributed by atoms with van der Waals surface area (Å²) >= 11 is 6.14. The van der Waals surface area contributed by atoms with Crippen LogP contribution in [-0.2, 0) is 4.79 Å². The lowest BCUT2D eigenvalue weighted by Gasteiger charge is -2.23. The standard InChI is InChI=1S/C13H15ClN2O2/c1-13(12(15)18)4-5-16(8-13)11-3-2-9(7-17)6-10(11)14/h2-3,6-7H,4-5,8H2,1H3,(H2,15,18). The molecule has 2 N–H and O–H groups in total. The van der Waals surface area contributed by atoms with E-state index >= 15 is 0 Å². The molecule has 5 heteroatoms. The van der Waals surface area contributed by atoms with Crippen molar-refractivity contribution in [1.29, 1.82) is 0 Å². The molecule has 1 heterocycles. The van der Waals surface area contributed by atoms with Crippen LogP contribution in [-0.4, -0.2) is 25.3 Å². The highest BCUT2D eigenvalue weighted by molar-refractivity contribution is 6.33. The Morgan fingerprint density at radius 1 is 1.56 bits per heavy atom. The molecule has 1 amide bonds. The summed E-state index contributed by atoms with van der Waals surface area (Å²) < 4.78 is 0. The smallest absolute Gasteiger partial charge is 0.225 e. The van der Waals surface area contributed by atoms with Crippen LogP contribution >= 0.6 is 11.6 Å². The van der Waals surface area contributed by atoms with Gasteiger partial charge in [0.25, 0.3) is 0 Å². The number of nitrogens with two attached hydrogens (primary N) is 1. The number of carbonyl (C=O) groups is 2. The zero-order valence-corrected chi connectivity index (χ0v) is 10.9. The molecule has 1 fully saturated rings. The third-order valence-electron chi connectivity index (χ3n) is 3.52. The Labute approximate surface area is 111 Å². The van der Waals surface area contributed by atoms with Gasteiger partial charge in [0.2, 0.25) is 5.91 Å². The molecule has 18 heavy (non-hydrogen) atoms. The summed E-state index contributed by atoms with van der Waals surface area (Å²) in [6, 6.07) is 5.15. The SMILES string of the molecule is CC1(C(N)=O)CCN(c2ccc(C=O)cc2Cl)C1. The van der Waals surface area contributed by atoms with Crippen molar-refractivity contribution < 1.29 is 9.59 Å². The van der Waals surface area contributed by atoms with Crippen LogP contribution in [0.25, 0.3) is 0 Å². The predicted octanol–water partition coefficient (Wildman–Crippen LogP) is 1.85. The highest BCUT2D eigenvalue weighted by Gasteiger charge is 2.39. The van der Waals surface area contributed by atoms with Crippen molar-refractivity contribution in [3.8, 4) is 0 Å². The first kappa shape index (κ1) is 12.9. The van der Waals surface area contributed by atoms with Gasteiger partial charge in [0.15, 0.2) is 0 Å². The van der Waals surface area contributed by atoms with Gasteiger partial charge in [-0.2, -0.15) is 0 Å². The van der Waals surface area contributed by atoms with Crippen LogP contribution in [0, 0.1) is 5.41 Å². The molecule has 1 aliphatic heterocycles. The minimum Gasteiger partial charge on any atom is -0.369 e. The summed E-state index contributed by atoms with van der Waals surface area (Å²) in [5.74, 6) is -0.286. The van der Waals surface area contributed by atoms with E-state index in [0.29, 0.717) is 23.6 Å². The first-order valence-corrected chi connectivity index (χ1v) is 6.14. The number of halogens is 1. The molecule has 0 spiro atoms. The van der Waals surface area contributed by atoms with Crippen molar-refractivity contribution in [2.45, 2.75) is 13.3 Å². The minimum atomic E-state index is -0.507. The Kier molecular flexibility index (Phi) is 3.30. The van der Waals surface area contributed by atoms with Crippen LogP contribution in [0.1, 0.15) is 23.7 Å². The van der Waals surface area contributed by atoms with E-state index in [1.54, 1.807) is 18.2 Å². The van der Waals surface area contributed by atoms with E-state index in [4.69, 9.17) is 17.3 Å². The van der Waals surface area contributed by atoms with Crippen molar-refractivity contribution in [2.24, 2.45) is 11.1 Å². The highest BCUT2D eigenvalue weighted by atomic mass is 35.5. The lowest BCUT2D eigenvalue weighted by Crippen LogP contribution is -2.37. The first-order chi connectivity index (χ1) is 8.46. The number of hydrogen-bond donors (Lipinski definition) is 1. The molecule has 2 rings (SSSR count). The molecule has 1 aliphatic rings. The molecule has 1 saturated heterocycles. The molecule has 1 unspecified atom stereocenters. The molecule has 4 nitrogen and oxygen atoms in total. The fraction of sp³-hybridized carbons (Fsp3) is 0.385. The van der Waals surface area contributed by atoms with Crippen LogP contribution in [0.5, 0.6) is 0 Å². The maximum atomic E-state index is 11.4. The normalized spacial score (nSPS) is 23.1. The number of anilines is 1. The maximum absolute atomic E-state index is 11.4. The second-order valence-corrected chi connectivity index (χ2v) is 5.33. The van der Waals surface area contributed by atoms with E-state index in [0.717, 1.165) is 18.5 Å². The Morgan fingerprint density at radius 2 is 2.28 bits per heavy atom. The highest BCUT2D eigenvalue weighted by Crippen LogP contribution is 2.36. The van der Waals surface area contributed by atoms with Crippen molar-refractivity contribution in [3.05, 3.63) is 28.8 Å². The molecule has 1 aromatic carbocycles. The summed E-state index contributed by atoms with van der Waals surface area (Å²) in [6.45, 7) is 3.16. The largest absolute Gasteiger partial charge is 0.369 e. The summed E-state index contributed by atoms with van der Waals surface area (Å²) in [5, 5.41) is 0.522. The number of primary amides is 1. The van der Waals surface area contributed by atoms with E-state index in [1.807, 2.05) is 11.8 Å². The monoisotopic (exact) mass is 266 g/mol. The van der Waals surface area contributed by atoms with E-state index < -0.39 is 5.41 Å². The van der Waals surface area contributed by atoms with Crippen LogP contribution in [0.15, 0.2) is 18.2 Å². The quantitative estimate of drug-likeness (QED) is 0.850. The Hall–Kier alpha value is -1.55. The van der Waals surface area contributed by atoms with E-state index in [9.17, 15) is 9.59 Å². The first-order valence-electron chi connectivity index (χ1n) is 5.76. The van der Waals surface area contributed by atoms with Gasteiger partial charge in [0.1, 0.15) is 6.29 Å². The second kappa shape index (κ2) is 4.61. The van der Waals surface area contributed by atoms with Gasteiger partial charge in [-0.1, -0.05) is 11.6 Å². The number of carbonyl (C=O) groups excluding carboxylic acids is 2. The molecule has 0 aliphatic carbocycles. The van der Waals surface area contributed by atoms with Gasteiger partial charge in [-0.3, -0.25) is 9.59 Å². The number of rotatable bonds is 3. The van der Waals surface area contributed by atoms with E-state index in [-0.39, 0.29) is 5.91 Å². The lowest BCUT2D eigenvalue weighted by atomic mass is 9.89. The zero-order chi connectivity index (χ0) is 13.3. The molecule has 0 saturated carbocycles. The maximum Gasteiger partial charge on any atom is 0.225 e. The molecule has 1 aromatic rings. The predicted molar refractivity (Wildman–Crippen MR) is 71.0 cm³/mol. The van der Waals surface area contributed by atoms with E-state index in [1.165, 1.54) is 0 Å². The van der Waals surface area contributed by atoms with Crippen LogP contribution in [0.4, 0.5) is 5.69 Å². The van der Waals surface area contributed by atoms with Crippen LogP contribution < -0.4 is 10.6 Å². The average molecular weight is 267 g/mol. The minimum absolute atomic E-state index is 0.286. The van der Waals surface area contributed by atoms with Gasteiger partial charge in [-0.25, -0.2) is 0 Å². The lowest BCUT2D eigenvalue weighted by molar-refractivity contribution is -0.125. The number of nitrogens with zero attached hydrogens (tertiary/aromatic N) is 1. The fourth-order valence-corrected chi connectivity index (χ4v) is 2.53. The van der Waals surface area contributed by atoms with E-state index in [2.05, 4.69) is 0 Å². The van der Waals surface area contributed by atoms with Gasteiger partial charge in [0, 0.05) is 18.7 Å². The summed E-state index contributed by atoms with van der Waals surface area (Å²) in [7, 11) is 0. The molecule has 1 atom stereocenters. The van der Waals surface area contributed by atoms with Crippen LogP contribution in [0.2, 0.25) is 5.02 Å². The molecular weight excluding hydrogens is 252 g/mol. The summed E-state index contributed by atoms with van der Waals surface area (Å²) in [6.07, 6.45) is 1.47.